The lowest BCUT2D eigenvalue weighted by Crippen LogP contribution is -2.54. The van der Waals surface area contributed by atoms with Gasteiger partial charge in [0, 0.05) is 32.3 Å². The van der Waals surface area contributed by atoms with E-state index in [9.17, 15) is 19.8 Å². The van der Waals surface area contributed by atoms with Crippen molar-refractivity contribution in [1.82, 2.24) is 0 Å². The molecule has 0 radical (unpaired) electrons. The van der Waals surface area contributed by atoms with E-state index in [4.69, 9.17) is 10.8 Å². The van der Waals surface area contributed by atoms with Crippen LogP contribution < -0.4 is 32.0 Å². The number of fused-ring (bicyclic) bond motifs is 1. The number of benzene rings is 3. The molecule has 0 spiro atoms. The van der Waals surface area contributed by atoms with Crippen molar-refractivity contribution < 1.29 is 10.2 Å². The zero-order valence-electron chi connectivity index (χ0n) is 17.8. The van der Waals surface area contributed by atoms with Crippen LogP contribution in [-0.4, -0.2) is 10.2 Å². The molecule has 2 aliphatic rings. The summed E-state index contributed by atoms with van der Waals surface area (Å²) in [5, 5.41) is 38.5. The summed E-state index contributed by atoms with van der Waals surface area (Å²) in [6.07, 6.45) is 0. The lowest BCUT2D eigenvalue weighted by atomic mass is 9.98. The molecule has 34 heavy (non-hydrogen) atoms. The minimum Gasteiger partial charge on any atom is -0.507 e. The van der Waals surface area contributed by atoms with E-state index < -0.39 is 21.6 Å². The van der Waals surface area contributed by atoms with Gasteiger partial charge in [-0.3, -0.25) is 20.4 Å². The maximum Gasteiger partial charge on any atom is 0.196 e. The summed E-state index contributed by atoms with van der Waals surface area (Å²) in [4.78, 5) is 27.0. The predicted octanol–water partition coefficient (Wildman–Crippen LogP) is 1.55. The van der Waals surface area contributed by atoms with Gasteiger partial charge in [0.05, 0.1) is 21.2 Å². The van der Waals surface area contributed by atoms with Gasteiger partial charge in [-0.05, 0) is 0 Å². The first kappa shape index (κ1) is 21.0. The third-order valence-corrected chi connectivity index (χ3v) is 5.94. The van der Waals surface area contributed by atoms with Crippen LogP contribution in [0.2, 0.25) is 0 Å². The second kappa shape index (κ2) is 7.94. The molecule has 4 N–H and O–H groups in total. The monoisotopic (exact) mass is 446 g/mol. The van der Waals surface area contributed by atoms with Crippen LogP contribution in [0.3, 0.4) is 0 Å². The van der Waals surface area contributed by atoms with E-state index in [1.807, 2.05) is 0 Å². The van der Waals surface area contributed by atoms with Crippen LogP contribution in [0, 0.1) is 21.3 Å². The number of aliphatic hydroxyl groups is 2. The Bertz CT molecular complexity index is 1990. The molecule has 6 heteroatoms. The van der Waals surface area contributed by atoms with Crippen molar-refractivity contribution in [3.63, 3.8) is 0 Å². The van der Waals surface area contributed by atoms with E-state index in [1.165, 1.54) is 12.1 Å². The Balaban J connectivity index is 2.28. The predicted molar refractivity (Wildman–Crippen MR) is 128 cm³/mol. The van der Waals surface area contributed by atoms with Crippen molar-refractivity contribution in [2.75, 3.05) is 0 Å². The summed E-state index contributed by atoms with van der Waals surface area (Å²) in [6, 6.07) is 23.0. The average molecular weight is 446 g/mol. The Labute approximate surface area is 191 Å². The van der Waals surface area contributed by atoms with Gasteiger partial charge in [0.15, 0.2) is 10.9 Å². The molecule has 0 fully saturated rings. The molecule has 0 amide bonds. The molecule has 0 atom stereocenters. The minimum absolute atomic E-state index is 0.141. The summed E-state index contributed by atoms with van der Waals surface area (Å²) in [5.41, 5.74) is -0.453. The zero-order chi connectivity index (χ0) is 24.0. The molecule has 3 aromatic carbocycles. The van der Waals surface area contributed by atoms with Gasteiger partial charge in [-0.2, -0.15) is 0 Å². The van der Waals surface area contributed by atoms with Crippen molar-refractivity contribution in [3.8, 4) is 0 Å². The standard InChI is InChI=1S/C28H18N2O4/c29-23-21(26(32)16-11-5-2-6-12-16)19(25(31)15-9-3-1-4-10-15)20-22(24(23)30)28(34)18-14-8-7-13-17(18)27(20)33/h1-14,29-32H. The topological polar surface area (TPSA) is 122 Å². The lowest BCUT2D eigenvalue weighted by molar-refractivity contribution is 0.498. The fourth-order valence-corrected chi connectivity index (χ4v) is 4.31. The zero-order valence-corrected chi connectivity index (χ0v) is 17.8. The van der Waals surface area contributed by atoms with E-state index in [0.717, 1.165) is 0 Å². The number of hydrogen-bond acceptors (Lipinski definition) is 6. The van der Waals surface area contributed by atoms with Gasteiger partial charge in [0.1, 0.15) is 11.5 Å². The van der Waals surface area contributed by atoms with Gasteiger partial charge in [0.25, 0.3) is 0 Å². The van der Waals surface area contributed by atoms with E-state index in [-0.39, 0.29) is 43.2 Å². The summed E-state index contributed by atoms with van der Waals surface area (Å²) in [5.74, 6) is -0.748. The molecule has 2 aliphatic carbocycles. The first-order chi connectivity index (χ1) is 16.4. The van der Waals surface area contributed by atoms with Crippen molar-refractivity contribution >= 4 is 22.3 Å². The molecule has 6 nitrogen and oxygen atoms in total. The first-order valence-electron chi connectivity index (χ1n) is 10.5. The van der Waals surface area contributed by atoms with Crippen molar-refractivity contribution in [1.29, 1.82) is 10.8 Å². The first-order valence-corrected chi connectivity index (χ1v) is 10.5. The van der Waals surface area contributed by atoms with Gasteiger partial charge < -0.3 is 10.2 Å². The fraction of sp³-hybridized carbons (Fsp3) is 0. The minimum atomic E-state index is -0.573. The van der Waals surface area contributed by atoms with Crippen LogP contribution in [0.25, 0.3) is 22.3 Å². The van der Waals surface area contributed by atoms with Gasteiger partial charge in [0.2, 0.25) is 0 Å². The summed E-state index contributed by atoms with van der Waals surface area (Å²) in [7, 11) is 0. The van der Waals surface area contributed by atoms with Crippen LogP contribution in [0.1, 0.15) is 11.1 Å². The summed E-state index contributed by atoms with van der Waals surface area (Å²) in [6.45, 7) is 0. The lowest BCUT2D eigenvalue weighted by Gasteiger charge is -2.07. The van der Waals surface area contributed by atoms with Crippen molar-refractivity contribution in [3.05, 3.63) is 148 Å². The van der Waals surface area contributed by atoms with Crippen molar-refractivity contribution in [2.24, 2.45) is 0 Å². The quantitative estimate of drug-likeness (QED) is 0.329. The number of rotatable bonds is 2. The van der Waals surface area contributed by atoms with E-state index >= 15 is 0 Å². The molecule has 0 saturated heterocycles. The molecule has 5 rings (SSSR count). The summed E-state index contributed by atoms with van der Waals surface area (Å²) < 4.78 is 0. The van der Waals surface area contributed by atoms with Gasteiger partial charge in [-0.1, -0.05) is 84.9 Å². The fourth-order valence-electron chi connectivity index (χ4n) is 4.31. The maximum absolute atomic E-state index is 13.7. The second-order valence-electron chi connectivity index (χ2n) is 7.88. The Kier molecular flexibility index (Phi) is 4.91. The van der Waals surface area contributed by atoms with E-state index in [2.05, 4.69) is 0 Å². The van der Waals surface area contributed by atoms with E-state index in [0.29, 0.717) is 11.1 Å². The van der Waals surface area contributed by atoms with Crippen LogP contribution in [0.4, 0.5) is 0 Å². The van der Waals surface area contributed by atoms with Crippen LogP contribution >= 0.6 is 0 Å². The van der Waals surface area contributed by atoms with Crippen LogP contribution in [0.5, 0.6) is 0 Å². The SMILES string of the molecule is N=c1c(=N)c2c(=O)c3ccccc3c(=O)c=2c(=C(O)c2ccccc2)c1=C(O)c1ccccc1. The molecule has 0 saturated carbocycles. The molecular weight excluding hydrogens is 428 g/mol. The highest BCUT2D eigenvalue weighted by Gasteiger charge is 2.17. The van der Waals surface area contributed by atoms with Crippen molar-refractivity contribution in [2.45, 2.75) is 0 Å². The third-order valence-electron chi connectivity index (χ3n) is 5.94. The molecule has 164 valence electrons. The molecule has 0 aliphatic heterocycles. The third kappa shape index (κ3) is 3.04. The highest BCUT2D eigenvalue weighted by molar-refractivity contribution is 5.82. The average Bonchev–Trinajstić information content (AvgIpc) is 2.88. The molecule has 0 heterocycles. The van der Waals surface area contributed by atoms with Gasteiger partial charge >= 0.3 is 0 Å². The molecule has 0 bridgehead atoms. The molecule has 0 aromatic heterocycles. The number of aliphatic hydroxyl groups excluding tert-OH is 2. The second-order valence-corrected chi connectivity index (χ2v) is 7.88. The van der Waals surface area contributed by atoms with Gasteiger partial charge in [-0.25, -0.2) is 0 Å². The largest absolute Gasteiger partial charge is 0.507 e. The Hall–Kier alpha value is -4.84. The normalized spacial score (nSPS) is 13.2. The number of hydrogen-bond donors (Lipinski definition) is 4. The molecule has 3 aromatic rings. The number of nitrogens with one attached hydrogen (secondary N) is 2. The highest BCUT2D eigenvalue weighted by atomic mass is 16.3. The smallest absolute Gasteiger partial charge is 0.196 e. The molecular formula is C28H18N2O4. The Morgan fingerprint density at radius 3 is 1.44 bits per heavy atom. The summed E-state index contributed by atoms with van der Waals surface area (Å²) >= 11 is 0. The highest BCUT2D eigenvalue weighted by Crippen LogP contribution is 2.09. The van der Waals surface area contributed by atoms with Crippen LogP contribution in [-0.2, 0) is 0 Å². The maximum atomic E-state index is 13.7. The van der Waals surface area contributed by atoms with Gasteiger partial charge in [-0.15, -0.1) is 0 Å². The van der Waals surface area contributed by atoms with E-state index in [1.54, 1.807) is 72.8 Å². The Morgan fingerprint density at radius 2 is 0.941 bits per heavy atom. The molecule has 0 unspecified atom stereocenters. The Morgan fingerprint density at radius 1 is 0.529 bits per heavy atom. The van der Waals surface area contributed by atoms with Crippen LogP contribution in [0.15, 0.2) is 94.5 Å².